The predicted octanol–water partition coefficient (Wildman–Crippen LogP) is 3.60. The second-order valence-electron chi connectivity index (χ2n) is 7.02. The van der Waals surface area contributed by atoms with Crippen molar-refractivity contribution < 1.29 is 14.2 Å². The Morgan fingerprint density at radius 1 is 1.07 bits per heavy atom. The van der Waals surface area contributed by atoms with E-state index in [2.05, 4.69) is 4.98 Å². The minimum atomic E-state index is 0.243. The molecule has 0 aliphatic heterocycles. The van der Waals surface area contributed by atoms with E-state index in [-0.39, 0.29) is 6.10 Å². The second kappa shape index (κ2) is 8.96. The standard InChI is InChI=1S/C22H26N4O3/c1-27-21-11-8-17(15-24-21)26-20(14-22(25-26)29-19-4-2-3-5-19)16-6-9-18(10-7-16)28-13-12-23/h6-11,14-15,19H,2-5,12-13,23H2,1H3. The van der Waals surface area contributed by atoms with Crippen molar-refractivity contribution in [2.24, 2.45) is 5.73 Å². The summed E-state index contributed by atoms with van der Waals surface area (Å²) in [5.41, 5.74) is 8.28. The molecule has 1 aliphatic rings. The van der Waals surface area contributed by atoms with Crippen LogP contribution in [0.3, 0.4) is 0 Å². The normalized spacial score (nSPS) is 14.1. The molecule has 0 atom stereocenters. The Bertz CT molecular complexity index is 916. The van der Waals surface area contributed by atoms with Gasteiger partial charge in [0.15, 0.2) is 0 Å². The third-order valence-corrected chi connectivity index (χ3v) is 4.99. The first-order valence-electron chi connectivity index (χ1n) is 9.97. The fourth-order valence-corrected chi connectivity index (χ4v) is 3.51. The van der Waals surface area contributed by atoms with E-state index in [9.17, 15) is 0 Å². The second-order valence-corrected chi connectivity index (χ2v) is 7.02. The number of hydrogen-bond donors (Lipinski definition) is 1. The van der Waals surface area contributed by atoms with Gasteiger partial charge in [-0.15, -0.1) is 5.10 Å². The number of nitrogens with zero attached hydrogens (tertiary/aromatic N) is 3. The lowest BCUT2D eigenvalue weighted by Gasteiger charge is -2.10. The summed E-state index contributed by atoms with van der Waals surface area (Å²) in [7, 11) is 1.60. The van der Waals surface area contributed by atoms with E-state index < -0.39 is 0 Å². The Hall–Kier alpha value is -3.06. The highest BCUT2D eigenvalue weighted by atomic mass is 16.5. The van der Waals surface area contributed by atoms with Crippen molar-refractivity contribution >= 4 is 0 Å². The largest absolute Gasteiger partial charge is 0.492 e. The molecule has 0 saturated heterocycles. The maximum Gasteiger partial charge on any atom is 0.234 e. The van der Waals surface area contributed by atoms with E-state index in [1.54, 1.807) is 13.3 Å². The quantitative estimate of drug-likeness (QED) is 0.628. The minimum absolute atomic E-state index is 0.243. The maximum atomic E-state index is 6.15. The number of rotatable bonds is 8. The van der Waals surface area contributed by atoms with Gasteiger partial charge in [-0.1, -0.05) is 0 Å². The van der Waals surface area contributed by atoms with Gasteiger partial charge in [0, 0.05) is 24.2 Å². The molecule has 0 bridgehead atoms. The van der Waals surface area contributed by atoms with Crippen molar-refractivity contribution in [1.29, 1.82) is 0 Å². The number of nitrogens with two attached hydrogens (primary N) is 1. The number of benzene rings is 1. The molecule has 7 nitrogen and oxygen atoms in total. The molecule has 2 heterocycles. The van der Waals surface area contributed by atoms with Gasteiger partial charge in [-0.25, -0.2) is 9.67 Å². The summed E-state index contributed by atoms with van der Waals surface area (Å²) in [6.45, 7) is 0.981. The molecule has 2 N–H and O–H groups in total. The van der Waals surface area contributed by atoms with Crippen molar-refractivity contribution in [2.45, 2.75) is 31.8 Å². The molecule has 3 aromatic rings. The highest BCUT2D eigenvalue weighted by Gasteiger charge is 2.20. The van der Waals surface area contributed by atoms with E-state index in [1.807, 2.05) is 47.1 Å². The molecular formula is C22H26N4O3. The molecule has 29 heavy (non-hydrogen) atoms. The molecule has 152 valence electrons. The zero-order chi connectivity index (χ0) is 20.1. The van der Waals surface area contributed by atoms with Gasteiger partial charge >= 0.3 is 0 Å². The van der Waals surface area contributed by atoms with Crippen LogP contribution in [0.25, 0.3) is 16.9 Å². The molecular weight excluding hydrogens is 368 g/mol. The molecule has 1 saturated carbocycles. The van der Waals surface area contributed by atoms with Gasteiger partial charge < -0.3 is 19.9 Å². The fraction of sp³-hybridized carbons (Fsp3) is 0.364. The Morgan fingerprint density at radius 3 is 2.52 bits per heavy atom. The van der Waals surface area contributed by atoms with Gasteiger partial charge in [-0.2, -0.15) is 0 Å². The Labute approximate surface area is 170 Å². The fourth-order valence-electron chi connectivity index (χ4n) is 3.51. The highest BCUT2D eigenvalue weighted by molar-refractivity contribution is 5.64. The van der Waals surface area contributed by atoms with Crippen molar-refractivity contribution in [3.63, 3.8) is 0 Å². The van der Waals surface area contributed by atoms with Gasteiger partial charge in [0.25, 0.3) is 0 Å². The van der Waals surface area contributed by atoms with Crippen LogP contribution in [-0.4, -0.2) is 41.1 Å². The maximum absolute atomic E-state index is 6.15. The summed E-state index contributed by atoms with van der Waals surface area (Å²) >= 11 is 0. The van der Waals surface area contributed by atoms with Crippen LogP contribution in [0.2, 0.25) is 0 Å². The average molecular weight is 394 g/mol. The zero-order valence-corrected chi connectivity index (χ0v) is 16.6. The van der Waals surface area contributed by atoms with E-state index in [0.29, 0.717) is 24.9 Å². The first-order chi connectivity index (χ1) is 14.3. The summed E-state index contributed by atoms with van der Waals surface area (Å²) in [6.07, 6.45) is 6.58. The van der Waals surface area contributed by atoms with Crippen LogP contribution in [0.4, 0.5) is 0 Å². The molecule has 7 heteroatoms. The van der Waals surface area contributed by atoms with Crippen LogP contribution in [0.1, 0.15) is 25.7 Å². The molecule has 0 unspecified atom stereocenters. The molecule has 0 amide bonds. The molecule has 1 aromatic carbocycles. The third kappa shape index (κ3) is 4.51. The molecule has 4 rings (SSSR count). The summed E-state index contributed by atoms with van der Waals surface area (Å²) < 4.78 is 18.8. The third-order valence-electron chi connectivity index (χ3n) is 4.99. The van der Waals surface area contributed by atoms with Crippen molar-refractivity contribution in [3.8, 4) is 34.5 Å². The number of ether oxygens (including phenoxy) is 3. The lowest BCUT2D eigenvalue weighted by Crippen LogP contribution is -2.11. The van der Waals surface area contributed by atoms with E-state index >= 15 is 0 Å². The minimum Gasteiger partial charge on any atom is -0.492 e. The van der Waals surface area contributed by atoms with E-state index in [1.165, 1.54) is 12.8 Å². The first kappa shape index (κ1) is 19.3. The predicted molar refractivity (Wildman–Crippen MR) is 111 cm³/mol. The van der Waals surface area contributed by atoms with Crippen LogP contribution in [0.15, 0.2) is 48.7 Å². The zero-order valence-electron chi connectivity index (χ0n) is 16.6. The van der Waals surface area contributed by atoms with E-state index in [0.717, 1.165) is 35.5 Å². The van der Waals surface area contributed by atoms with Crippen molar-refractivity contribution in [3.05, 3.63) is 48.7 Å². The SMILES string of the molecule is COc1ccc(-n2nc(OC3CCCC3)cc2-c2ccc(OCCN)cc2)cn1. The molecule has 1 aliphatic carbocycles. The summed E-state index contributed by atoms with van der Waals surface area (Å²) in [6, 6.07) is 13.6. The monoisotopic (exact) mass is 394 g/mol. The van der Waals surface area contributed by atoms with Crippen LogP contribution >= 0.6 is 0 Å². The average Bonchev–Trinajstić information content (AvgIpc) is 3.43. The number of hydrogen-bond acceptors (Lipinski definition) is 6. The van der Waals surface area contributed by atoms with Crippen molar-refractivity contribution in [2.75, 3.05) is 20.3 Å². The lowest BCUT2D eigenvalue weighted by molar-refractivity contribution is 0.200. The molecule has 2 aromatic heterocycles. The van der Waals surface area contributed by atoms with Crippen LogP contribution in [0.5, 0.6) is 17.5 Å². The van der Waals surface area contributed by atoms with Gasteiger partial charge in [-0.3, -0.25) is 0 Å². The van der Waals surface area contributed by atoms with Gasteiger partial charge in [-0.05, 0) is 56.0 Å². The lowest BCUT2D eigenvalue weighted by atomic mass is 10.1. The van der Waals surface area contributed by atoms with Gasteiger partial charge in [0.1, 0.15) is 18.5 Å². The summed E-state index contributed by atoms with van der Waals surface area (Å²) in [5, 5.41) is 4.71. The first-order valence-corrected chi connectivity index (χ1v) is 9.97. The Balaban J connectivity index is 1.66. The van der Waals surface area contributed by atoms with Crippen LogP contribution < -0.4 is 19.9 Å². The molecule has 0 radical (unpaired) electrons. The number of pyridine rings is 1. The summed E-state index contributed by atoms with van der Waals surface area (Å²) in [5.74, 6) is 1.98. The highest BCUT2D eigenvalue weighted by Crippen LogP contribution is 2.31. The van der Waals surface area contributed by atoms with Crippen molar-refractivity contribution in [1.82, 2.24) is 14.8 Å². The van der Waals surface area contributed by atoms with Gasteiger partial charge in [0.2, 0.25) is 11.8 Å². The molecule has 0 spiro atoms. The summed E-state index contributed by atoms with van der Waals surface area (Å²) in [4.78, 5) is 4.31. The smallest absolute Gasteiger partial charge is 0.234 e. The van der Waals surface area contributed by atoms with Gasteiger partial charge in [0.05, 0.1) is 24.7 Å². The van der Waals surface area contributed by atoms with Crippen LogP contribution in [-0.2, 0) is 0 Å². The number of methoxy groups -OCH3 is 1. The van der Waals surface area contributed by atoms with E-state index in [4.69, 9.17) is 25.0 Å². The molecule has 1 fully saturated rings. The topological polar surface area (TPSA) is 84.4 Å². The number of aromatic nitrogens is 3. The Morgan fingerprint density at radius 2 is 1.86 bits per heavy atom. The van der Waals surface area contributed by atoms with Crippen LogP contribution in [0, 0.1) is 0 Å². The Kier molecular flexibility index (Phi) is 5.95.